The van der Waals surface area contributed by atoms with Gasteiger partial charge in [0.25, 0.3) is 0 Å². The fourth-order valence-electron chi connectivity index (χ4n) is 3.87. The summed E-state index contributed by atoms with van der Waals surface area (Å²) < 4.78 is 13.2. The molecule has 0 unspecified atom stereocenters. The van der Waals surface area contributed by atoms with Crippen molar-refractivity contribution in [1.82, 2.24) is 14.9 Å². The van der Waals surface area contributed by atoms with E-state index in [4.69, 9.17) is 10.1 Å². The summed E-state index contributed by atoms with van der Waals surface area (Å²) in [5.41, 5.74) is 2.35. The molecule has 1 N–H and O–H groups in total. The van der Waals surface area contributed by atoms with Gasteiger partial charge in [0, 0.05) is 45.3 Å². The Morgan fingerprint density at radius 2 is 1.85 bits per heavy atom. The molecule has 4 rings (SSSR count). The van der Waals surface area contributed by atoms with Gasteiger partial charge in [-0.15, -0.1) is 0 Å². The smallest absolute Gasteiger partial charge is 0.225 e. The van der Waals surface area contributed by atoms with Gasteiger partial charge in [-0.3, -0.25) is 9.69 Å². The fraction of sp³-hybridized carbons (Fsp3) is 0.450. The van der Waals surface area contributed by atoms with Crippen molar-refractivity contribution in [2.75, 3.05) is 44.2 Å². The number of β-amino-alcohol motifs (C(OH)–C–C–N with tert-alkyl or cyclic N) is 1. The van der Waals surface area contributed by atoms with Gasteiger partial charge in [-0.1, -0.05) is 12.1 Å². The molecule has 0 spiro atoms. The number of Topliss-reactive ketones (excluding diaryl/α,β-unsaturated/α-hetero) is 1. The molecule has 2 heterocycles. The minimum atomic E-state index is -0.272. The number of aliphatic hydroxyl groups is 1. The maximum absolute atomic E-state index is 13.2. The molecule has 142 valence electrons. The summed E-state index contributed by atoms with van der Waals surface area (Å²) in [6.07, 6.45) is 2.72. The van der Waals surface area contributed by atoms with Crippen LogP contribution in [0.2, 0.25) is 0 Å². The van der Waals surface area contributed by atoms with Crippen LogP contribution in [0.1, 0.15) is 34.0 Å². The number of nitrogens with zero attached hydrogens (tertiary/aromatic N) is 4. The van der Waals surface area contributed by atoms with Crippen LogP contribution in [0.25, 0.3) is 0 Å². The van der Waals surface area contributed by atoms with Crippen molar-refractivity contribution in [3.05, 3.63) is 53.1 Å². The van der Waals surface area contributed by atoms with Crippen LogP contribution in [0, 0.1) is 5.82 Å². The fourth-order valence-corrected chi connectivity index (χ4v) is 3.87. The maximum atomic E-state index is 13.2. The number of ketones is 1. The second-order valence-corrected chi connectivity index (χ2v) is 7.16. The molecule has 27 heavy (non-hydrogen) atoms. The van der Waals surface area contributed by atoms with Crippen LogP contribution >= 0.6 is 0 Å². The highest BCUT2D eigenvalue weighted by Gasteiger charge is 2.29. The quantitative estimate of drug-likeness (QED) is 0.883. The van der Waals surface area contributed by atoms with E-state index in [9.17, 15) is 9.18 Å². The first-order valence-electron chi connectivity index (χ1n) is 9.37. The molecule has 2 aromatic rings. The Morgan fingerprint density at radius 3 is 2.56 bits per heavy atom. The third kappa shape index (κ3) is 3.84. The van der Waals surface area contributed by atoms with E-state index in [1.807, 2.05) is 0 Å². The molecule has 1 atom stereocenters. The number of halogens is 1. The van der Waals surface area contributed by atoms with E-state index < -0.39 is 0 Å². The topological polar surface area (TPSA) is 69.6 Å². The second kappa shape index (κ2) is 7.70. The largest absolute Gasteiger partial charge is 0.395 e. The molecule has 1 saturated heterocycles. The van der Waals surface area contributed by atoms with Gasteiger partial charge in [0.15, 0.2) is 5.78 Å². The average Bonchev–Trinajstić information content (AvgIpc) is 2.69. The lowest BCUT2D eigenvalue weighted by Crippen LogP contribution is -2.47. The highest BCUT2D eigenvalue weighted by atomic mass is 19.1. The highest BCUT2D eigenvalue weighted by molar-refractivity contribution is 5.98. The zero-order valence-corrected chi connectivity index (χ0v) is 15.1. The van der Waals surface area contributed by atoms with Crippen molar-refractivity contribution in [3.63, 3.8) is 0 Å². The number of carbonyl (C=O) groups excluding carboxylic acids is 1. The first kappa shape index (κ1) is 18.0. The maximum Gasteiger partial charge on any atom is 0.225 e. The predicted octanol–water partition coefficient (Wildman–Crippen LogP) is 1.64. The minimum Gasteiger partial charge on any atom is -0.395 e. The standard InChI is InChI=1S/C20H23FN4O2/c21-16-3-1-14(2-4-16)15-11-18-17(19(27)12-15)13-22-20(23-18)25-7-5-24(6-8-25)9-10-26/h1-4,13,15,26H,5-12H2/t15-/m1/s1. The molecule has 1 aliphatic heterocycles. The Labute approximate surface area is 157 Å². The SMILES string of the molecule is O=C1C[C@H](c2ccc(F)cc2)Cc2nc(N3CCN(CCO)CC3)ncc21. The van der Waals surface area contributed by atoms with Gasteiger partial charge in [0.05, 0.1) is 17.9 Å². The van der Waals surface area contributed by atoms with Gasteiger partial charge in [0.1, 0.15) is 5.82 Å². The van der Waals surface area contributed by atoms with Crippen LogP contribution < -0.4 is 4.90 Å². The number of carbonyl (C=O) groups is 1. The summed E-state index contributed by atoms with van der Waals surface area (Å²) in [5, 5.41) is 9.06. The predicted molar refractivity (Wildman–Crippen MR) is 99.6 cm³/mol. The number of aromatic nitrogens is 2. The van der Waals surface area contributed by atoms with Crippen LogP contribution in [-0.4, -0.2) is 65.1 Å². The van der Waals surface area contributed by atoms with Crippen molar-refractivity contribution in [2.45, 2.75) is 18.8 Å². The first-order valence-corrected chi connectivity index (χ1v) is 9.37. The Hall–Kier alpha value is -2.38. The Balaban J connectivity index is 1.52. The third-order valence-corrected chi connectivity index (χ3v) is 5.44. The lowest BCUT2D eigenvalue weighted by atomic mass is 9.82. The molecule has 0 bridgehead atoms. The molecular weight excluding hydrogens is 347 g/mol. The van der Waals surface area contributed by atoms with Gasteiger partial charge < -0.3 is 10.0 Å². The zero-order chi connectivity index (χ0) is 18.8. The molecule has 1 aromatic heterocycles. The molecule has 7 heteroatoms. The molecule has 0 radical (unpaired) electrons. The summed E-state index contributed by atoms with van der Waals surface area (Å²) in [6, 6.07) is 6.38. The second-order valence-electron chi connectivity index (χ2n) is 7.16. The van der Waals surface area contributed by atoms with Crippen LogP contribution in [0.3, 0.4) is 0 Å². The lowest BCUT2D eigenvalue weighted by Gasteiger charge is -2.34. The summed E-state index contributed by atoms with van der Waals surface area (Å²) >= 11 is 0. The molecule has 2 aliphatic rings. The van der Waals surface area contributed by atoms with Crippen molar-refractivity contribution in [3.8, 4) is 0 Å². The Morgan fingerprint density at radius 1 is 1.11 bits per heavy atom. The molecule has 6 nitrogen and oxygen atoms in total. The van der Waals surface area contributed by atoms with Gasteiger partial charge in [-0.05, 0) is 30.0 Å². The van der Waals surface area contributed by atoms with E-state index in [0.29, 0.717) is 30.9 Å². The summed E-state index contributed by atoms with van der Waals surface area (Å²) in [5.74, 6) is 0.454. The van der Waals surface area contributed by atoms with E-state index in [-0.39, 0.29) is 24.1 Å². The van der Waals surface area contributed by atoms with E-state index in [2.05, 4.69) is 14.8 Å². The van der Waals surface area contributed by atoms with Gasteiger partial charge in [-0.25, -0.2) is 14.4 Å². The van der Waals surface area contributed by atoms with Crippen molar-refractivity contribution < 1.29 is 14.3 Å². The van der Waals surface area contributed by atoms with Crippen molar-refractivity contribution in [1.29, 1.82) is 0 Å². The van der Waals surface area contributed by atoms with Crippen LogP contribution in [-0.2, 0) is 6.42 Å². The van der Waals surface area contributed by atoms with E-state index in [1.54, 1.807) is 18.3 Å². The minimum absolute atomic E-state index is 0.0229. The number of aliphatic hydroxyl groups excluding tert-OH is 1. The normalized spacial score (nSPS) is 20.6. The number of piperazine rings is 1. The number of fused-ring (bicyclic) bond motifs is 1. The molecule has 1 aliphatic carbocycles. The van der Waals surface area contributed by atoms with Crippen molar-refractivity contribution >= 4 is 11.7 Å². The summed E-state index contributed by atoms with van der Waals surface area (Å²) in [7, 11) is 0. The monoisotopic (exact) mass is 370 g/mol. The van der Waals surface area contributed by atoms with Gasteiger partial charge >= 0.3 is 0 Å². The lowest BCUT2D eigenvalue weighted by molar-refractivity contribution is 0.0962. The summed E-state index contributed by atoms with van der Waals surface area (Å²) in [6.45, 7) is 4.17. The number of rotatable bonds is 4. The first-order chi connectivity index (χ1) is 13.1. The van der Waals surface area contributed by atoms with Gasteiger partial charge in [-0.2, -0.15) is 0 Å². The number of hydrogen-bond donors (Lipinski definition) is 1. The number of benzene rings is 1. The molecular formula is C20H23FN4O2. The molecule has 1 fully saturated rings. The molecule has 1 aromatic carbocycles. The van der Waals surface area contributed by atoms with E-state index >= 15 is 0 Å². The van der Waals surface area contributed by atoms with Crippen LogP contribution in [0.15, 0.2) is 30.5 Å². The molecule has 0 amide bonds. The number of hydrogen-bond acceptors (Lipinski definition) is 6. The van der Waals surface area contributed by atoms with E-state index in [0.717, 1.165) is 37.4 Å². The van der Waals surface area contributed by atoms with Crippen molar-refractivity contribution in [2.24, 2.45) is 0 Å². The third-order valence-electron chi connectivity index (χ3n) is 5.44. The van der Waals surface area contributed by atoms with E-state index in [1.165, 1.54) is 12.1 Å². The Kier molecular flexibility index (Phi) is 5.13. The number of anilines is 1. The Bertz CT molecular complexity index is 819. The summed E-state index contributed by atoms with van der Waals surface area (Å²) in [4.78, 5) is 26.0. The highest BCUT2D eigenvalue weighted by Crippen LogP contribution is 2.32. The van der Waals surface area contributed by atoms with Gasteiger partial charge in [0.2, 0.25) is 5.95 Å². The molecule has 0 saturated carbocycles. The average molecular weight is 370 g/mol. The van der Waals surface area contributed by atoms with Crippen LogP contribution in [0.5, 0.6) is 0 Å². The van der Waals surface area contributed by atoms with Crippen LogP contribution in [0.4, 0.5) is 10.3 Å². The zero-order valence-electron chi connectivity index (χ0n) is 15.1.